The lowest BCUT2D eigenvalue weighted by atomic mass is 10.1. The van der Waals surface area contributed by atoms with Gasteiger partial charge in [0.05, 0.1) is 17.6 Å². The predicted molar refractivity (Wildman–Crippen MR) is 97.5 cm³/mol. The molecule has 25 heavy (non-hydrogen) atoms. The Kier molecular flexibility index (Phi) is 7.79. The first-order valence-electron chi connectivity index (χ1n) is 7.80. The van der Waals surface area contributed by atoms with E-state index in [0.717, 1.165) is 5.56 Å². The quantitative estimate of drug-likeness (QED) is 0.540. The number of aliphatic hydroxyl groups excluding tert-OH is 1. The van der Waals surface area contributed by atoms with E-state index in [9.17, 15) is 9.59 Å². The molecular weight excluding hydrogens is 344 g/mol. The summed E-state index contributed by atoms with van der Waals surface area (Å²) >= 11 is 5.24. The highest BCUT2D eigenvalue weighted by atomic mass is 32.1. The number of alkyl carbamates (subject to hydrolysis) is 1. The number of nitrogens with one attached hydrogen (secondary N) is 2. The van der Waals surface area contributed by atoms with Crippen molar-refractivity contribution < 1.29 is 24.5 Å². The van der Waals surface area contributed by atoms with Gasteiger partial charge in [-0.2, -0.15) is 0 Å². The van der Waals surface area contributed by atoms with Gasteiger partial charge < -0.3 is 25.6 Å². The Labute approximate surface area is 152 Å². The van der Waals surface area contributed by atoms with Crippen LogP contribution in [0.3, 0.4) is 0 Å². The normalized spacial score (nSPS) is 13.4. The zero-order valence-electron chi connectivity index (χ0n) is 14.5. The van der Waals surface area contributed by atoms with Crippen LogP contribution in [0.1, 0.15) is 26.3 Å². The highest BCUT2D eigenvalue weighted by Crippen LogP contribution is 2.09. The smallest absolute Gasteiger partial charge is 0.408 e. The maximum Gasteiger partial charge on any atom is 0.408 e. The maximum absolute atomic E-state index is 12.1. The molecular formula is C17H24N2O5S. The van der Waals surface area contributed by atoms with Crippen LogP contribution in [-0.2, 0) is 16.0 Å². The molecule has 0 saturated heterocycles. The van der Waals surface area contributed by atoms with Crippen LogP contribution >= 0.6 is 12.2 Å². The monoisotopic (exact) mass is 368 g/mol. The molecule has 0 aliphatic carbocycles. The number of aliphatic hydroxyl groups is 1. The third kappa shape index (κ3) is 7.95. The standard InChI is InChI=1S/C17H24N2O5S/c1-17(2,3)24-16(23)19-12(9-11-7-5-4-6-8-11)14(25)18-13(10-20)15(21)22/h4-8,12-13,20H,9-10H2,1-3H3,(H,18,25)(H,19,23)(H,21,22)/t12-,13-/m0/s1. The highest BCUT2D eigenvalue weighted by Gasteiger charge is 2.25. The maximum atomic E-state index is 12.1. The Morgan fingerprint density at radius 2 is 1.76 bits per heavy atom. The fourth-order valence-corrected chi connectivity index (χ4v) is 2.25. The Bertz CT molecular complexity index is 601. The molecule has 0 radical (unpaired) electrons. The van der Waals surface area contributed by atoms with Crippen molar-refractivity contribution in [1.29, 1.82) is 0 Å². The van der Waals surface area contributed by atoms with Crippen LogP contribution in [0, 0.1) is 0 Å². The van der Waals surface area contributed by atoms with Gasteiger partial charge in [0.15, 0.2) is 0 Å². The molecule has 0 fully saturated rings. The number of hydrogen-bond acceptors (Lipinski definition) is 5. The van der Waals surface area contributed by atoms with Crippen LogP contribution < -0.4 is 10.6 Å². The third-order valence-corrected chi connectivity index (χ3v) is 3.49. The van der Waals surface area contributed by atoms with E-state index in [0.29, 0.717) is 6.42 Å². The van der Waals surface area contributed by atoms with Gasteiger partial charge in [-0.1, -0.05) is 42.5 Å². The fraction of sp³-hybridized carbons (Fsp3) is 0.471. The lowest BCUT2D eigenvalue weighted by molar-refractivity contribution is -0.140. The minimum Gasteiger partial charge on any atom is -0.480 e. The van der Waals surface area contributed by atoms with Crippen molar-refractivity contribution in [2.45, 2.75) is 44.9 Å². The summed E-state index contributed by atoms with van der Waals surface area (Å²) in [5.74, 6) is -1.24. The Hall–Kier alpha value is -2.19. The summed E-state index contributed by atoms with van der Waals surface area (Å²) in [5.41, 5.74) is 0.231. The average Bonchev–Trinajstić information content (AvgIpc) is 2.50. The first-order chi connectivity index (χ1) is 11.6. The number of benzene rings is 1. The van der Waals surface area contributed by atoms with E-state index < -0.39 is 36.4 Å². The van der Waals surface area contributed by atoms with Crippen molar-refractivity contribution in [1.82, 2.24) is 10.6 Å². The molecule has 0 spiro atoms. The Balaban J connectivity index is 2.88. The number of carbonyl (C=O) groups excluding carboxylic acids is 1. The van der Waals surface area contributed by atoms with Crippen molar-refractivity contribution in [2.24, 2.45) is 0 Å². The second-order valence-corrected chi connectivity index (χ2v) is 6.91. The molecule has 1 amide bonds. The summed E-state index contributed by atoms with van der Waals surface area (Å²) in [6, 6.07) is 7.38. The third-order valence-electron chi connectivity index (χ3n) is 3.09. The summed E-state index contributed by atoms with van der Waals surface area (Å²) in [6.45, 7) is 4.59. The summed E-state index contributed by atoms with van der Waals surface area (Å²) in [5, 5.41) is 23.4. The van der Waals surface area contributed by atoms with E-state index in [2.05, 4.69) is 10.6 Å². The number of rotatable bonds is 7. The van der Waals surface area contributed by atoms with Gasteiger partial charge in [-0.25, -0.2) is 9.59 Å². The molecule has 2 atom stereocenters. The van der Waals surface area contributed by atoms with Gasteiger partial charge >= 0.3 is 12.1 Å². The van der Waals surface area contributed by atoms with Crippen molar-refractivity contribution in [3.63, 3.8) is 0 Å². The molecule has 0 heterocycles. The molecule has 1 aromatic carbocycles. The number of carboxylic acid groups (broad SMARTS) is 1. The van der Waals surface area contributed by atoms with Crippen LogP contribution in [0.5, 0.6) is 0 Å². The van der Waals surface area contributed by atoms with Gasteiger partial charge in [-0.15, -0.1) is 0 Å². The second kappa shape index (κ2) is 9.33. The van der Waals surface area contributed by atoms with Gasteiger partial charge in [0, 0.05) is 0 Å². The average molecular weight is 368 g/mol. The zero-order valence-corrected chi connectivity index (χ0v) is 15.3. The van der Waals surface area contributed by atoms with Gasteiger partial charge in [0.2, 0.25) is 0 Å². The predicted octanol–water partition coefficient (Wildman–Crippen LogP) is 1.48. The number of carbonyl (C=O) groups is 2. The van der Waals surface area contributed by atoms with Gasteiger partial charge in [-0.3, -0.25) is 0 Å². The number of aliphatic carboxylic acids is 1. The van der Waals surface area contributed by atoms with Crippen molar-refractivity contribution in [3.05, 3.63) is 35.9 Å². The van der Waals surface area contributed by atoms with Crippen LogP contribution in [-0.4, -0.2) is 51.6 Å². The highest BCUT2D eigenvalue weighted by molar-refractivity contribution is 7.80. The molecule has 7 nitrogen and oxygen atoms in total. The van der Waals surface area contributed by atoms with Crippen LogP contribution in [0.25, 0.3) is 0 Å². The number of amides is 1. The van der Waals surface area contributed by atoms with Crippen molar-refractivity contribution >= 4 is 29.3 Å². The van der Waals surface area contributed by atoms with Crippen LogP contribution in [0.15, 0.2) is 30.3 Å². The van der Waals surface area contributed by atoms with E-state index >= 15 is 0 Å². The first-order valence-corrected chi connectivity index (χ1v) is 8.20. The van der Waals surface area contributed by atoms with Crippen molar-refractivity contribution in [2.75, 3.05) is 6.61 Å². The van der Waals surface area contributed by atoms with Crippen LogP contribution in [0.4, 0.5) is 4.79 Å². The molecule has 8 heteroatoms. The Morgan fingerprint density at radius 3 is 2.24 bits per heavy atom. The van der Waals surface area contributed by atoms with Gasteiger partial charge in [-0.05, 0) is 32.8 Å². The molecule has 1 rings (SSSR count). The second-order valence-electron chi connectivity index (χ2n) is 6.47. The number of hydrogen-bond donors (Lipinski definition) is 4. The first kappa shape index (κ1) is 20.9. The molecule has 4 N–H and O–H groups in total. The fourth-order valence-electron chi connectivity index (χ4n) is 1.97. The zero-order chi connectivity index (χ0) is 19.0. The number of thiocarbonyl (C=S) groups is 1. The summed E-state index contributed by atoms with van der Waals surface area (Å²) < 4.78 is 5.23. The van der Waals surface area contributed by atoms with Crippen molar-refractivity contribution in [3.8, 4) is 0 Å². The minimum absolute atomic E-state index is 0.108. The van der Waals surface area contributed by atoms with E-state index in [-0.39, 0.29) is 4.99 Å². The lowest BCUT2D eigenvalue weighted by Gasteiger charge is -2.25. The number of ether oxygens (including phenoxy) is 1. The molecule has 1 aromatic rings. The number of carboxylic acids is 1. The van der Waals surface area contributed by atoms with Crippen LogP contribution in [0.2, 0.25) is 0 Å². The summed E-state index contributed by atoms with van der Waals surface area (Å²) in [6.07, 6.45) is -0.308. The van der Waals surface area contributed by atoms with E-state index in [1.54, 1.807) is 20.8 Å². The molecule has 0 bridgehead atoms. The summed E-state index contributed by atoms with van der Waals surface area (Å²) in [4.78, 5) is 23.2. The molecule has 0 aliphatic rings. The SMILES string of the molecule is CC(C)(C)OC(=O)N[C@@H](Cc1ccccc1)C(=S)N[C@@H](CO)C(=O)O. The topological polar surface area (TPSA) is 108 Å². The minimum atomic E-state index is -1.24. The Morgan fingerprint density at radius 1 is 1.16 bits per heavy atom. The van der Waals surface area contributed by atoms with E-state index in [4.69, 9.17) is 27.2 Å². The van der Waals surface area contributed by atoms with E-state index in [1.165, 1.54) is 0 Å². The molecule has 0 aromatic heterocycles. The molecule has 0 unspecified atom stereocenters. The van der Waals surface area contributed by atoms with E-state index in [1.807, 2.05) is 30.3 Å². The van der Waals surface area contributed by atoms with Gasteiger partial charge in [0.1, 0.15) is 11.6 Å². The van der Waals surface area contributed by atoms with Gasteiger partial charge in [0.25, 0.3) is 0 Å². The lowest BCUT2D eigenvalue weighted by Crippen LogP contribution is -2.53. The molecule has 0 aliphatic heterocycles. The molecule has 0 saturated carbocycles. The largest absolute Gasteiger partial charge is 0.480 e. The molecule has 138 valence electrons. The summed E-state index contributed by atoms with van der Waals surface area (Å²) in [7, 11) is 0.